The lowest BCUT2D eigenvalue weighted by atomic mass is 9.87. The number of carbonyl (C=O) groups excluding carboxylic acids is 1. The van der Waals surface area contributed by atoms with Gasteiger partial charge in [-0.2, -0.15) is 0 Å². The third-order valence-corrected chi connectivity index (χ3v) is 5.71. The fourth-order valence-corrected chi connectivity index (χ4v) is 3.92. The van der Waals surface area contributed by atoms with Crippen LogP contribution in [0.5, 0.6) is 0 Å². The predicted octanol–water partition coefficient (Wildman–Crippen LogP) is 3.70. The first-order valence-electron chi connectivity index (χ1n) is 9.88. The third kappa shape index (κ3) is 4.53. The largest absolute Gasteiger partial charge is 0.347 e. The molecule has 1 saturated heterocycles. The second-order valence-corrected chi connectivity index (χ2v) is 7.72. The van der Waals surface area contributed by atoms with Crippen LogP contribution in [-0.4, -0.2) is 28.9 Å². The van der Waals surface area contributed by atoms with Gasteiger partial charge in [-0.3, -0.25) is 14.7 Å². The fraction of sp³-hybridized carbons (Fsp3) is 0.455. The number of halogens is 1. The lowest BCUT2D eigenvalue weighted by Crippen LogP contribution is -2.41. The first kappa shape index (κ1) is 18.1. The molecule has 0 radical (unpaired) electrons. The molecule has 2 heterocycles. The van der Waals surface area contributed by atoms with Crippen molar-refractivity contribution in [2.45, 2.75) is 38.3 Å². The van der Waals surface area contributed by atoms with E-state index in [2.05, 4.69) is 15.2 Å². The van der Waals surface area contributed by atoms with Gasteiger partial charge in [-0.1, -0.05) is 24.3 Å². The summed E-state index contributed by atoms with van der Waals surface area (Å²) in [7, 11) is 0. The van der Waals surface area contributed by atoms with E-state index in [0.717, 1.165) is 50.0 Å². The molecule has 1 aromatic heterocycles. The fourth-order valence-electron chi connectivity index (χ4n) is 3.92. The summed E-state index contributed by atoms with van der Waals surface area (Å²) in [6, 6.07) is 12.8. The normalized spacial score (nSPS) is 19.6. The molecule has 142 valence electrons. The van der Waals surface area contributed by atoms with Crippen molar-refractivity contribution in [3.63, 3.8) is 0 Å². The van der Waals surface area contributed by atoms with Crippen molar-refractivity contribution in [3.8, 4) is 0 Å². The molecule has 1 saturated carbocycles. The molecule has 4 nitrogen and oxygen atoms in total. The summed E-state index contributed by atoms with van der Waals surface area (Å²) in [6.07, 6.45) is 5.74. The number of nitrogens with zero attached hydrogens (tertiary/aromatic N) is 2. The maximum absolute atomic E-state index is 13.9. The predicted molar refractivity (Wildman–Crippen MR) is 102 cm³/mol. The lowest BCUT2D eigenvalue weighted by molar-refractivity contribution is -0.123. The number of nitrogens with one attached hydrogen (secondary N) is 1. The molecule has 1 unspecified atom stereocenters. The van der Waals surface area contributed by atoms with Gasteiger partial charge in [-0.25, -0.2) is 4.39 Å². The van der Waals surface area contributed by atoms with E-state index in [9.17, 15) is 9.18 Å². The molecule has 2 fully saturated rings. The number of hydrogen-bond acceptors (Lipinski definition) is 3. The number of rotatable bonds is 6. The van der Waals surface area contributed by atoms with Crippen LogP contribution in [0.3, 0.4) is 0 Å². The minimum absolute atomic E-state index is 0.0325. The highest BCUT2D eigenvalue weighted by molar-refractivity contribution is 5.81. The average molecular weight is 367 g/mol. The van der Waals surface area contributed by atoms with Gasteiger partial charge >= 0.3 is 0 Å². The number of likely N-dealkylation sites (tertiary alicyclic amines) is 1. The van der Waals surface area contributed by atoms with Crippen molar-refractivity contribution < 1.29 is 9.18 Å². The molecular formula is C22H26FN3O. The molecule has 1 aliphatic carbocycles. The summed E-state index contributed by atoms with van der Waals surface area (Å²) in [5.41, 5.74) is 1.69. The first-order valence-corrected chi connectivity index (χ1v) is 9.88. The molecule has 1 N–H and O–H groups in total. The minimum Gasteiger partial charge on any atom is -0.347 e. The van der Waals surface area contributed by atoms with Crippen LogP contribution >= 0.6 is 0 Å². The zero-order valence-corrected chi connectivity index (χ0v) is 15.5. The second kappa shape index (κ2) is 8.17. The highest BCUT2D eigenvalue weighted by atomic mass is 19.1. The molecule has 5 heteroatoms. The molecule has 1 aliphatic heterocycles. The van der Waals surface area contributed by atoms with Crippen LogP contribution in [0.15, 0.2) is 48.7 Å². The van der Waals surface area contributed by atoms with Crippen molar-refractivity contribution in [3.05, 3.63) is 65.7 Å². The molecule has 4 rings (SSSR count). The van der Waals surface area contributed by atoms with Crippen LogP contribution in [0.1, 0.15) is 43.0 Å². The Bertz CT molecular complexity index is 770. The van der Waals surface area contributed by atoms with Gasteiger partial charge in [0.25, 0.3) is 0 Å². The number of carbonyl (C=O) groups is 1. The molecule has 1 atom stereocenters. The van der Waals surface area contributed by atoms with Crippen molar-refractivity contribution >= 4 is 5.91 Å². The van der Waals surface area contributed by atoms with Gasteiger partial charge in [0.1, 0.15) is 5.82 Å². The van der Waals surface area contributed by atoms with Crippen molar-refractivity contribution in [2.75, 3.05) is 13.1 Å². The number of benzene rings is 1. The first-order chi connectivity index (χ1) is 13.2. The summed E-state index contributed by atoms with van der Waals surface area (Å²) >= 11 is 0. The monoisotopic (exact) mass is 367 g/mol. The SMILES string of the molecule is O=C(NC(c1ccccn1)C1CCN(Cc2ccccc2F)CC1)C1CC1. The maximum atomic E-state index is 13.9. The Kier molecular flexibility index (Phi) is 5.48. The molecular weight excluding hydrogens is 341 g/mol. The molecule has 1 amide bonds. The zero-order chi connectivity index (χ0) is 18.6. The second-order valence-electron chi connectivity index (χ2n) is 7.72. The number of piperidine rings is 1. The molecule has 0 bridgehead atoms. The van der Waals surface area contributed by atoms with Crippen LogP contribution < -0.4 is 5.32 Å². The molecule has 0 spiro atoms. The zero-order valence-electron chi connectivity index (χ0n) is 15.5. The maximum Gasteiger partial charge on any atom is 0.223 e. The Morgan fingerprint density at radius 3 is 2.52 bits per heavy atom. The van der Waals surface area contributed by atoms with E-state index in [-0.39, 0.29) is 23.7 Å². The van der Waals surface area contributed by atoms with Crippen LogP contribution in [-0.2, 0) is 11.3 Å². The smallest absolute Gasteiger partial charge is 0.223 e. The van der Waals surface area contributed by atoms with Gasteiger partial charge in [0.15, 0.2) is 0 Å². The standard InChI is InChI=1S/C22H26FN3O/c23-19-6-2-1-5-18(19)15-26-13-10-16(11-14-26)21(20-7-3-4-12-24-20)25-22(27)17-8-9-17/h1-7,12,16-17,21H,8-11,13-15H2,(H,25,27). The third-order valence-electron chi connectivity index (χ3n) is 5.71. The Morgan fingerprint density at radius 2 is 1.85 bits per heavy atom. The molecule has 2 aromatic rings. The van der Waals surface area contributed by atoms with Gasteiger partial charge in [0.2, 0.25) is 5.91 Å². The van der Waals surface area contributed by atoms with Crippen molar-refractivity contribution in [1.82, 2.24) is 15.2 Å². The van der Waals surface area contributed by atoms with Crippen LogP contribution in [0.2, 0.25) is 0 Å². The van der Waals surface area contributed by atoms with Gasteiger partial charge in [-0.15, -0.1) is 0 Å². The van der Waals surface area contributed by atoms with E-state index in [1.165, 1.54) is 6.07 Å². The summed E-state index contributed by atoms with van der Waals surface area (Å²) < 4.78 is 13.9. The van der Waals surface area contributed by atoms with Crippen LogP contribution in [0.25, 0.3) is 0 Å². The van der Waals surface area contributed by atoms with E-state index in [1.54, 1.807) is 12.3 Å². The highest BCUT2D eigenvalue weighted by Crippen LogP contribution is 2.34. The van der Waals surface area contributed by atoms with Gasteiger partial charge in [0.05, 0.1) is 11.7 Å². The Balaban J connectivity index is 1.40. The van der Waals surface area contributed by atoms with E-state index in [0.29, 0.717) is 12.5 Å². The van der Waals surface area contributed by atoms with Gasteiger partial charge in [0, 0.05) is 24.2 Å². The van der Waals surface area contributed by atoms with Crippen LogP contribution in [0, 0.1) is 17.7 Å². The molecule has 27 heavy (non-hydrogen) atoms. The Hall–Kier alpha value is -2.27. The van der Waals surface area contributed by atoms with E-state index >= 15 is 0 Å². The summed E-state index contributed by atoms with van der Waals surface area (Å²) in [4.78, 5) is 19.2. The van der Waals surface area contributed by atoms with E-state index < -0.39 is 0 Å². The Morgan fingerprint density at radius 1 is 1.11 bits per heavy atom. The summed E-state index contributed by atoms with van der Waals surface area (Å²) in [6.45, 7) is 2.45. The quantitative estimate of drug-likeness (QED) is 0.847. The number of amides is 1. The average Bonchev–Trinajstić information content (AvgIpc) is 3.55. The summed E-state index contributed by atoms with van der Waals surface area (Å²) in [5, 5.41) is 3.26. The lowest BCUT2D eigenvalue weighted by Gasteiger charge is -2.36. The molecule has 2 aliphatic rings. The number of hydrogen-bond donors (Lipinski definition) is 1. The number of pyridine rings is 1. The highest BCUT2D eigenvalue weighted by Gasteiger charge is 2.35. The topological polar surface area (TPSA) is 45.2 Å². The molecule has 1 aromatic carbocycles. The number of aromatic nitrogens is 1. The van der Waals surface area contributed by atoms with E-state index in [1.807, 2.05) is 30.3 Å². The van der Waals surface area contributed by atoms with E-state index in [4.69, 9.17) is 0 Å². The van der Waals surface area contributed by atoms with Gasteiger partial charge in [-0.05, 0) is 62.9 Å². The van der Waals surface area contributed by atoms with Crippen LogP contribution in [0.4, 0.5) is 4.39 Å². The minimum atomic E-state index is -0.136. The van der Waals surface area contributed by atoms with Crippen molar-refractivity contribution in [1.29, 1.82) is 0 Å². The Labute approximate surface area is 159 Å². The summed E-state index contributed by atoms with van der Waals surface area (Å²) in [5.74, 6) is 0.582. The van der Waals surface area contributed by atoms with Crippen molar-refractivity contribution in [2.24, 2.45) is 11.8 Å². The van der Waals surface area contributed by atoms with Gasteiger partial charge < -0.3 is 5.32 Å².